The Hall–Kier alpha value is -2.14. The highest BCUT2D eigenvalue weighted by Crippen LogP contribution is 2.25. The van der Waals surface area contributed by atoms with Gasteiger partial charge in [0.05, 0.1) is 10.6 Å². The van der Waals surface area contributed by atoms with Gasteiger partial charge in [-0.25, -0.2) is 8.42 Å². The van der Waals surface area contributed by atoms with Gasteiger partial charge in [-0.15, -0.1) is 0 Å². The molecule has 3 rings (SSSR count). The lowest BCUT2D eigenvalue weighted by molar-refractivity contribution is -0.120. The van der Waals surface area contributed by atoms with Gasteiger partial charge in [0, 0.05) is 13.0 Å². The Kier molecular flexibility index (Phi) is 5.23. The Morgan fingerprint density at radius 1 is 1.04 bits per heavy atom. The van der Waals surface area contributed by atoms with Crippen LogP contribution in [0, 0.1) is 6.92 Å². The molecule has 25 heavy (non-hydrogen) atoms. The highest BCUT2D eigenvalue weighted by atomic mass is 32.2. The number of benzene rings is 2. The van der Waals surface area contributed by atoms with E-state index >= 15 is 0 Å². The Morgan fingerprint density at radius 2 is 1.76 bits per heavy atom. The van der Waals surface area contributed by atoms with Gasteiger partial charge in [-0.2, -0.15) is 0 Å². The van der Waals surface area contributed by atoms with Crippen LogP contribution < -0.4 is 5.32 Å². The summed E-state index contributed by atoms with van der Waals surface area (Å²) in [5.74, 6) is -0.406. The van der Waals surface area contributed by atoms with E-state index in [1.165, 1.54) is 5.56 Å². The van der Waals surface area contributed by atoms with Crippen molar-refractivity contribution in [2.75, 3.05) is 5.75 Å². The van der Waals surface area contributed by atoms with E-state index in [0.29, 0.717) is 11.4 Å². The molecule has 2 aromatic rings. The molecule has 0 aromatic heterocycles. The van der Waals surface area contributed by atoms with Crippen molar-refractivity contribution < 1.29 is 13.2 Å². The fourth-order valence-electron chi connectivity index (χ4n) is 3.08. The SMILES string of the molecule is Cc1ccc(CNC(=O)CCS(=O)(=O)c2ccc3c(c2)CCC3)cc1. The van der Waals surface area contributed by atoms with Crippen molar-refractivity contribution in [1.82, 2.24) is 5.32 Å². The first-order valence-corrected chi connectivity index (χ1v) is 10.3. The number of carbonyl (C=O) groups excluding carboxylic acids is 1. The molecule has 5 heteroatoms. The largest absolute Gasteiger partial charge is 0.352 e. The minimum Gasteiger partial charge on any atom is -0.352 e. The average Bonchev–Trinajstić information content (AvgIpc) is 3.07. The molecule has 0 saturated carbocycles. The van der Waals surface area contributed by atoms with Crippen molar-refractivity contribution in [1.29, 1.82) is 0 Å². The van der Waals surface area contributed by atoms with Crippen LogP contribution in [0.2, 0.25) is 0 Å². The second-order valence-electron chi connectivity index (χ2n) is 6.62. The van der Waals surface area contributed by atoms with Crippen LogP contribution in [0.25, 0.3) is 0 Å². The van der Waals surface area contributed by atoms with Crippen molar-refractivity contribution in [2.24, 2.45) is 0 Å². The maximum atomic E-state index is 12.5. The number of rotatable bonds is 6. The molecule has 1 aliphatic carbocycles. The number of hydrogen-bond acceptors (Lipinski definition) is 3. The van der Waals surface area contributed by atoms with Crippen LogP contribution in [-0.2, 0) is 34.0 Å². The van der Waals surface area contributed by atoms with Gasteiger partial charge in [0.15, 0.2) is 9.84 Å². The van der Waals surface area contributed by atoms with E-state index < -0.39 is 9.84 Å². The molecule has 0 radical (unpaired) electrons. The Balaban J connectivity index is 1.54. The molecule has 0 spiro atoms. The maximum absolute atomic E-state index is 12.5. The van der Waals surface area contributed by atoms with Crippen molar-refractivity contribution in [3.05, 3.63) is 64.7 Å². The van der Waals surface area contributed by atoms with Crippen LogP contribution >= 0.6 is 0 Å². The molecule has 4 nitrogen and oxygen atoms in total. The first-order chi connectivity index (χ1) is 11.9. The Labute approximate surface area is 149 Å². The van der Waals surface area contributed by atoms with Crippen LogP contribution in [0.15, 0.2) is 47.4 Å². The molecular weight excluding hydrogens is 334 g/mol. The zero-order valence-corrected chi connectivity index (χ0v) is 15.2. The molecule has 0 saturated heterocycles. The smallest absolute Gasteiger partial charge is 0.221 e. The fraction of sp³-hybridized carbons (Fsp3) is 0.350. The van der Waals surface area contributed by atoms with Gasteiger partial charge in [0.25, 0.3) is 0 Å². The number of hydrogen-bond donors (Lipinski definition) is 1. The monoisotopic (exact) mass is 357 g/mol. The van der Waals surface area contributed by atoms with E-state index in [1.54, 1.807) is 12.1 Å². The van der Waals surface area contributed by atoms with Gasteiger partial charge in [-0.3, -0.25) is 4.79 Å². The zero-order chi connectivity index (χ0) is 17.9. The summed E-state index contributed by atoms with van der Waals surface area (Å²) in [5, 5.41) is 2.78. The van der Waals surface area contributed by atoms with Gasteiger partial charge in [0.2, 0.25) is 5.91 Å². The summed E-state index contributed by atoms with van der Waals surface area (Å²) in [6.07, 6.45) is 3.03. The highest BCUT2D eigenvalue weighted by Gasteiger charge is 2.19. The minimum atomic E-state index is -3.43. The van der Waals surface area contributed by atoms with Gasteiger partial charge < -0.3 is 5.32 Å². The van der Waals surface area contributed by atoms with E-state index in [0.717, 1.165) is 36.0 Å². The van der Waals surface area contributed by atoms with E-state index in [-0.39, 0.29) is 18.1 Å². The van der Waals surface area contributed by atoms with Crippen LogP contribution in [-0.4, -0.2) is 20.1 Å². The summed E-state index contributed by atoms with van der Waals surface area (Å²) in [7, 11) is -3.43. The van der Waals surface area contributed by atoms with Crippen LogP contribution in [0.1, 0.15) is 35.1 Å². The summed E-state index contributed by atoms with van der Waals surface area (Å²) >= 11 is 0. The minimum absolute atomic E-state index is 0.0225. The van der Waals surface area contributed by atoms with Crippen molar-refractivity contribution in [3.63, 3.8) is 0 Å². The molecule has 1 aliphatic rings. The number of fused-ring (bicyclic) bond motifs is 1. The number of sulfone groups is 1. The molecular formula is C20H23NO3S. The molecule has 0 fully saturated rings. The quantitative estimate of drug-likeness (QED) is 0.864. The van der Waals surface area contributed by atoms with Crippen LogP contribution in [0.4, 0.5) is 0 Å². The number of carbonyl (C=O) groups is 1. The summed E-state index contributed by atoms with van der Waals surface area (Å²) in [4.78, 5) is 12.3. The zero-order valence-electron chi connectivity index (χ0n) is 14.4. The molecule has 1 N–H and O–H groups in total. The number of amides is 1. The third kappa shape index (κ3) is 4.48. The van der Waals surface area contributed by atoms with Gasteiger partial charge in [0.1, 0.15) is 0 Å². The fourth-order valence-corrected chi connectivity index (χ4v) is 4.37. The van der Waals surface area contributed by atoms with Crippen molar-refractivity contribution in [2.45, 2.75) is 44.0 Å². The molecule has 0 aliphatic heterocycles. The van der Waals surface area contributed by atoms with Crippen LogP contribution in [0.5, 0.6) is 0 Å². The van der Waals surface area contributed by atoms with Gasteiger partial charge >= 0.3 is 0 Å². The number of nitrogens with one attached hydrogen (secondary N) is 1. The van der Waals surface area contributed by atoms with Crippen molar-refractivity contribution >= 4 is 15.7 Å². The number of aryl methyl sites for hydroxylation is 3. The Morgan fingerprint density at radius 3 is 2.52 bits per heavy atom. The van der Waals surface area contributed by atoms with E-state index in [4.69, 9.17) is 0 Å². The lowest BCUT2D eigenvalue weighted by Gasteiger charge is -2.08. The highest BCUT2D eigenvalue weighted by molar-refractivity contribution is 7.91. The lowest BCUT2D eigenvalue weighted by Crippen LogP contribution is -2.25. The van der Waals surface area contributed by atoms with Gasteiger partial charge in [-0.1, -0.05) is 35.9 Å². The second-order valence-corrected chi connectivity index (χ2v) is 8.72. The maximum Gasteiger partial charge on any atom is 0.221 e. The normalized spacial score (nSPS) is 13.5. The summed E-state index contributed by atoms with van der Waals surface area (Å²) in [5.41, 5.74) is 4.54. The molecule has 1 amide bonds. The first kappa shape index (κ1) is 17.7. The molecule has 0 bridgehead atoms. The second kappa shape index (κ2) is 7.40. The lowest BCUT2D eigenvalue weighted by atomic mass is 10.1. The summed E-state index contributed by atoms with van der Waals surface area (Å²) in [6, 6.07) is 13.2. The molecule has 0 atom stereocenters. The molecule has 132 valence electrons. The Bertz CT molecular complexity index is 870. The van der Waals surface area contributed by atoms with Crippen molar-refractivity contribution in [3.8, 4) is 0 Å². The molecule has 0 heterocycles. The summed E-state index contributed by atoms with van der Waals surface area (Å²) in [6.45, 7) is 2.42. The summed E-state index contributed by atoms with van der Waals surface area (Å²) < 4.78 is 24.9. The average molecular weight is 357 g/mol. The first-order valence-electron chi connectivity index (χ1n) is 8.61. The third-order valence-electron chi connectivity index (χ3n) is 4.64. The van der Waals surface area contributed by atoms with Crippen LogP contribution in [0.3, 0.4) is 0 Å². The van der Waals surface area contributed by atoms with E-state index in [9.17, 15) is 13.2 Å². The topological polar surface area (TPSA) is 63.2 Å². The third-order valence-corrected chi connectivity index (χ3v) is 6.35. The standard InChI is InChI=1S/C20H23NO3S/c1-15-5-7-16(8-6-15)14-21-20(22)11-12-25(23,24)19-10-9-17-3-2-4-18(17)13-19/h5-10,13H,2-4,11-12,14H2,1H3,(H,21,22). The predicted octanol–water partition coefficient (Wildman–Crippen LogP) is 2.96. The van der Waals surface area contributed by atoms with E-state index in [2.05, 4.69) is 5.32 Å². The predicted molar refractivity (Wildman–Crippen MR) is 98.2 cm³/mol. The molecule has 0 unspecified atom stereocenters. The molecule has 2 aromatic carbocycles. The van der Waals surface area contributed by atoms with Gasteiger partial charge in [-0.05, 0) is 55.0 Å². The van der Waals surface area contributed by atoms with E-state index in [1.807, 2.05) is 37.3 Å².